The topological polar surface area (TPSA) is 99.3 Å². The van der Waals surface area contributed by atoms with Crippen molar-refractivity contribution in [3.05, 3.63) is 58.6 Å². The summed E-state index contributed by atoms with van der Waals surface area (Å²) in [4.78, 5) is 37.0. The molecular weight excluding hydrogens is 440 g/mol. The Morgan fingerprint density at radius 2 is 1.64 bits per heavy atom. The third-order valence-corrected chi connectivity index (χ3v) is 5.90. The predicted molar refractivity (Wildman–Crippen MR) is 132 cm³/mol. The molecule has 0 aliphatic heterocycles. The molecule has 176 valence electrons. The summed E-state index contributed by atoms with van der Waals surface area (Å²) in [6.07, 6.45) is 6.29. The minimum atomic E-state index is -0.263. The monoisotopic (exact) mass is 470 g/mol. The molecule has 2 aromatic rings. The van der Waals surface area contributed by atoms with E-state index in [2.05, 4.69) is 21.3 Å². The smallest absolute Gasteiger partial charge is 0.253 e. The summed E-state index contributed by atoms with van der Waals surface area (Å²) < 4.78 is 0. The zero-order valence-electron chi connectivity index (χ0n) is 18.9. The van der Waals surface area contributed by atoms with Gasteiger partial charge in [-0.3, -0.25) is 14.4 Å². The Bertz CT molecular complexity index is 972. The average Bonchev–Trinajstić information content (AvgIpc) is 2.83. The maximum absolute atomic E-state index is 12.7. The number of nitrogens with one attached hydrogen (secondary N) is 4. The number of benzene rings is 2. The molecule has 1 fully saturated rings. The number of amides is 3. The van der Waals surface area contributed by atoms with Crippen molar-refractivity contribution in [3.63, 3.8) is 0 Å². The van der Waals surface area contributed by atoms with Gasteiger partial charge in [0.2, 0.25) is 5.91 Å². The number of anilines is 2. The highest BCUT2D eigenvalue weighted by atomic mass is 35.5. The molecule has 0 aromatic heterocycles. The molecule has 1 aliphatic carbocycles. The number of carbonyl (C=O) groups is 3. The van der Waals surface area contributed by atoms with E-state index in [0.717, 1.165) is 37.8 Å². The van der Waals surface area contributed by atoms with Crippen LogP contribution in [0.25, 0.3) is 0 Å². The molecule has 1 saturated carbocycles. The van der Waals surface area contributed by atoms with Crippen LogP contribution in [0.15, 0.2) is 42.5 Å². The quantitative estimate of drug-likeness (QED) is 0.430. The predicted octanol–water partition coefficient (Wildman–Crippen LogP) is 4.59. The lowest BCUT2D eigenvalue weighted by Gasteiger charge is -2.23. The van der Waals surface area contributed by atoms with E-state index < -0.39 is 0 Å². The molecule has 2 aromatic carbocycles. The SMILES string of the molecule is CCCNC(=O)c1ccc(NCC(=O)Nc2ccc(Cl)c(C(=O)NC3CCCCC3)c2)cc1. The fraction of sp³-hybridized carbons (Fsp3) is 0.400. The molecule has 0 bridgehead atoms. The van der Waals surface area contributed by atoms with E-state index in [9.17, 15) is 14.4 Å². The molecule has 8 heteroatoms. The molecule has 4 N–H and O–H groups in total. The van der Waals surface area contributed by atoms with Crippen molar-refractivity contribution < 1.29 is 14.4 Å². The van der Waals surface area contributed by atoms with Crippen molar-refractivity contribution >= 4 is 40.7 Å². The largest absolute Gasteiger partial charge is 0.376 e. The lowest BCUT2D eigenvalue weighted by atomic mass is 9.95. The molecule has 3 rings (SSSR count). The van der Waals surface area contributed by atoms with Gasteiger partial charge in [0.05, 0.1) is 17.1 Å². The van der Waals surface area contributed by atoms with Crippen LogP contribution in [0.2, 0.25) is 5.02 Å². The molecular formula is C25H31ClN4O3. The van der Waals surface area contributed by atoms with E-state index in [1.807, 2.05) is 6.92 Å². The van der Waals surface area contributed by atoms with Gasteiger partial charge in [0.15, 0.2) is 0 Å². The van der Waals surface area contributed by atoms with E-state index in [-0.39, 0.29) is 30.3 Å². The number of rotatable bonds is 9. The second kappa shape index (κ2) is 12.3. The zero-order chi connectivity index (χ0) is 23.6. The van der Waals surface area contributed by atoms with Gasteiger partial charge in [-0.1, -0.05) is 37.8 Å². The summed E-state index contributed by atoms with van der Waals surface area (Å²) in [5, 5.41) is 12.0. The van der Waals surface area contributed by atoms with Gasteiger partial charge >= 0.3 is 0 Å². The molecule has 33 heavy (non-hydrogen) atoms. The molecule has 0 unspecified atom stereocenters. The molecule has 0 heterocycles. The van der Waals surface area contributed by atoms with Crippen LogP contribution in [0.1, 0.15) is 66.2 Å². The van der Waals surface area contributed by atoms with Gasteiger partial charge in [0.1, 0.15) is 0 Å². The summed E-state index contributed by atoms with van der Waals surface area (Å²) in [6, 6.07) is 12.0. The van der Waals surface area contributed by atoms with Crippen LogP contribution < -0.4 is 21.3 Å². The van der Waals surface area contributed by atoms with Crippen molar-refractivity contribution in [2.45, 2.75) is 51.5 Å². The third kappa shape index (κ3) is 7.49. The zero-order valence-corrected chi connectivity index (χ0v) is 19.6. The van der Waals surface area contributed by atoms with Crippen LogP contribution in [0, 0.1) is 0 Å². The van der Waals surface area contributed by atoms with Crippen LogP contribution in [0.5, 0.6) is 0 Å². The summed E-state index contributed by atoms with van der Waals surface area (Å²) in [5.74, 6) is -0.600. The summed E-state index contributed by atoms with van der Waals surface area (Å²) >= 11 is 6.24. The maximum Gasteiger partial charge on any atom is 0.253 e. The Morgan fingerprint density at radius 1 is 0.939 bits per heavy atom. The summed E-state index contributed by atoms with van der Waals surface area (Å²) in [6.45, 7) is 2.66. The minimum absolute atomic E-state index is 0.0353. The fourth-order valence-electron chi connectivity index (χ4n) is 3.75. The molecule has 0 atom stereocenters. The van der Waals surface area contributed by atoms with Gasteiger partial charge in [-0.15, -0.1) is 0 Å². The third-order valence-electron chi connectivity index (χ3n) is 5.57. The highest BCUT2D eigenvalue weighted by Gasteiger charge is 2.19. The standard InChI is InChI=1S/C25H31ClN4O3/c1-2-14-27-24(32)17-8-10-18(11-9-17)28-16-23(31)29-20-12-13-22(26)21(15-20)25(33)30-19-6-4-3-5-7-19/h8-13,15,19,28H,2-7,14,16H2,1H3,(H,27,32)(H,29,31)(H,30,33). The van der Waals surface area contributed by atoms with Crippen LogP contribution in [0.3, 0.4) is 0 Å². The van der Waals surface area contributed by atoms with E-state index in [1.54, 1.807) is 42.5 Å². The second-order valence-corrected chi connectivity index (χ2v) is 8.65. The number of halogens is 1. The van der Waals surface area contributed by atoms with Crippen molar-refractivity contribution in [1.82, 2.24) is 10.6 Å². The molecule has 3 amide bonds. The number of carbonyl (C=O) groups excluding carboxylic acids is 3. The highest BCUT2D eigenvalue weighted by molar-refractivity contribution is 6.34. The molecule has 0 spiro atoms. The molecule has 0 radical (unpaired) electrons. The molecule has 7 nitrogen and oxygen atoms in total. The first-order valence-corrected chi connectivity index (χ1v) is 11.9. The highest BCUT2D eigenvalue weighted by Crippen LogP contribution is 2.23. The van der Waals surface area contributed by atoms with Crippen molar-refractivity contribution in [1.29, 1.82) is 0 Å². The van der Waals surface area contributed by atoms with Crippen molar-refractivity contribution in [2.24, 2.45) is 0 Å². The number of hydrogen-bond acceptors (Lipinski definition) is 4. The Morgan fingerprint density at radius 3 is 2.33 bits per heavy atom. The van der Waals surface area contributed by atoms with E-state index in [4.69, 9.17) is 11.6 Å². The van der Waals surface area contributed by atoms with Crippen LogP contribution >= 0.6 is 11.6 Å². The van der Waals surface area contributed by atoms with Gasteiger partial charge < -0.3 is 21.3 Å². The Balaban J connectivity index is 1.52. The van der Waals surface area contributed by atoms with Gasteiger partial charge in [0.25, 0.3) is 11.8 Å². The summed E-state index contributed by atoms with van der Waals surface area (Å²) in [7, 11) is 0. The second-order valence-electron chi connectivity index (χ2n) is 8.24. The van der Waals surface area contributed by atoms with Crippen LogP contribution in [-0.4, -0.2) is 36.9 Å². The normalized spacial score (nSPS) is 13.8. The van der Waals surface area contributed by atoms with E-state index in [1.165, 1.54) is 6.42 Å². The molecule has 0 saturated heterocycles. The Labute approximate surface area is 199 Å². The van der Waals surface area contributed by atoms with Gasteiger partial charge in [-0.05, 0) is 61.7 Å². The Kier molecular flexibility index (Phi) is 9.13. The van der Waals surface area contributed by atoms with Crippen molar-refractivity contribution in [3.8, 4) is 0 Å². The van der Waals surface area contributed by atoms with Gasteiger partial charge in [0, 0.05) is 29.5 Å². The lowest BCUT2D eigenvalue weighted by Crippen LogP contribution is -2.36. The van der Waals surface area contributed by atoms with Gasteiger partial charge in [-0.2, -0.15) is 0 Å². The first-order valence-electron chi connectivity index (χ1n) is 11.5. The maximum atomic E-state index is 12.7. The first kappa shape index (κ1) is 24.6. The average molecular weight is 471 g/mol. The van der Waals surface area contributed by atoms with Crippen molar-refractivity contribution in [2.75, 3.05) is 23.7 Å². The first-order chi connectivity index (χ1) is 16.0. The van der Waals surface area contributed by atoms with Crippen LogP contribution in [-0.2, 0) is 4.79 Å². The molecule has 1 aliphatic rings. The van der Waals surface area contributed by atoms with E-state index in [0.29, 0.717) is 28.4 Å². The van der Waals surface area contributed by atoms with Crippen LogP contribution in [0.4, 0.5) is 11.4 Å². The summed E-state index contributed by atoms with van der Waals surface area (Å²) in [5.41, 5.74) is 2.15. The fourth-order valence-corrected chi connectivity index (χ4v) is 3.96. The minimum Gasteiger partial charge on any atom is -0.376 e. The van der Waals surface area contributed by atoms with Gasteiger partial charge in [-0.25, -0.2) is 0 Å². The lowest BCUT2D eigenvalue weighted by molar-refractivity contribution is -0.114. The Hall–Kier alpha value is -3.06. The number of hydrogen-bond donors (Lipinski definition) is 4. The van der Waals surface area contributed by atoms with E-state index >= 15 is 0 Å².